The zero-order valence-corrected chi connectivity index (χ0v) is 18.7. The van der Waals surface area contributed by atoms with Crippen molar-refractivity contribution in [1.82, 2.24) is 4.90 Å². The summed E-state index contributed by atoms with van der Waals surface area (Å²) < 4.78 is 15.6. The van der Waals surface area contributed by atoms with Crippen LogP contribution in [0.25, 0.3) is 6.08 Å². The molecule has 162 valence electrons. The molecule has 0 N–H and O–H groups in total. The molecule has 0 spiro atoms. The van der Waals surface area contributed by atoms with Crippen LogP contribution < -0.4 is 9.47 Å². The molecule has 1 aliphatic rings. The molecular formula is C24H24ClNO5. The largest absolute Gasteiger partial charge is 0.493 e. The third kappa shape index (κ3) is 4.75. The van der Waals surface area contributed by atoms with Gasteiger partial charge in [-0.05, 0) is 54.8 Å². The summed E-state index contributed by atoms with van der Waals surface area (Å²) in [6, 6.07) is 12.7. The fourth-order valence-electron chi connectivity index (χ4n) is 3.54. The van der Waals surface area contributed by atoms with Crippen LogP contribution in [0.15, 0.2) is 59.3 Å². The number of carbonyl (C=O) groups is 2. The van der Waals surface area contributed by atoms with Gasteiger partial charge in [-0.3, -0.25) is 4.79 Å². The van der Waals surface area contributed by atoms with Crippen molar-refractivity contribution >= 4 is 29.6 Å². The molecule has 6 nitrogen and oxygen atoms in total. The van der Waals surface area contributed by atoms with E-state index in [0.717, 1.165) is 11.1 Å². The number of ether oxygens (including phenoxy) is 3. The number of nitrogens with zero attached hydrogens (tertiary/aromatic N) is 1. The minimum Gasteiger partial charge on any atom is -0.493 e. The summed E-state index contributed by atoms with van der Waals surface area (Å²) in [6.45, 7) is 2.14. The van der Waals surface area contributed by atoms with E-state index in [1.165, 1.54) is 7.11 Å². The molecule has 1 heterocycles. The van der Waals surface area contributed by atoms with Crippen molar-refractivity contribution in [3.8, 4) is 11.5 Å². The highest BCUT2D eigenvalue weighted by atomic mass is 35.5. The van der Waals surface area contributed by atoms with E-state index in [0.29, 0.717) is 40.8 Å². The van der Waals surface area contributed by atoms with Crippen LogP contribution in [0.1, 0.15) is 18.1 Å². The second kappa shape index (κ2) is 9.71. The number of allylic oxidation sites excluding steroid dienone is 1. The summed E-state index contributed by atoms with van der Waals surface area (Å²) in [5.41, 5.74) is 2.82. The lowest BCUT2D eigenvalue weighted by Crippen LogP contribution is -2.27. The highest BCUT2D eigenvalue weighted by molar-refractivity contribution is 6.30. The first kappa shape index (κ1) is 22.4. The van der Waals surface area contributed by atoms with Crippen LogP contribution in [0.2, 0.25) is 5.02 Å². The predicted octanol–water partition coefficient (Wildman–Crippen LogP) is 4.27. The lowest BCUT2D eigenvalue weighted by atomic mass is 10.0. The van der Waals surface area contributed by atoms with Gasteiger partial charge < -0.3 is 19.1 Å². The molecule has 2 aromatic rings. The van der Waals surface area contributed by atoms with E-state index in [2.05, 4.69) is 0 Å². The summed E-state index contributed by atoms with van der Waals surface area (Å²) in [4.78, 5) is 27.3. The average molecular weight is 442 g/mol. The molecule has 7 heteroatoms. The van der Waals surface area contributed by atoms with Gasteiger partial charge in [-0.15, -0.1) is 0 Å². The van der Waals surface area contributed by atoms with Crippen molar-refractivity contribution < 1.29 is 23.8 Å². The van der Waals surface area contributed by atoms with Gasteiger partial charge >= 0.3 is 5.97 Å². The molecule has 0 bridgehead atoms. The number of benzene rings is 2. The maximum Gasteiger partial charge on any atom is 0.340 e. The van der Waals surface area contributed by atoms with Gasteiger partial charge in [0.1, 0.15) is 0 Å². The van der Waals surface area contributed by atoms with E-state index in [1.807, 2.05) is 24.3 Å². The van der Waals surface area contributed by atoms with Crippen molar-refractivity contribution in [2.75, 3.05) is 27.9 Å². The third-order valence-corrected chi connectivity index (χ3v) is 5.37. The van der Waals surface area contributed by atoms with Crippen LogP contribution in [0, 0.1) is 0 Å². The molecule has 0 fully saturated rings. The Morgan fingerprint density at radius 1 is 1.06 bits per heavy atom. The second-order valence-corrected chi connectivity index (χ2v) is 7.40. The van der Waals surface area contributed by atoms with Gasteiger partial charge in [-0.1, -0.05) is 29.8 Å². The van der Waals surface area contributed by atoms with Gasteiger partial charge in [0.25, 0.3) is 5.91 Å². The first-order chi connectivity index (χ1) is 14.9. The molecule has 0 atom stereocenters. The summed E-state index contributed by atoms with van der Waals surface area (Å²) >= 11 is 6.07. The molecular weight excluding hydrogens is 418 g/mol. The molecule has 0 aromatic heterocycles. The molecule has 0 aliphatic carbocycles. The highest BCUT2D eigenvalue weighted by Gasteiger charge is 2.36. The molecule has 31 heavy (non-hydrogen) atoms. The van der Waals surface area contributed by atoms with Gasteiger partial charge in [0, 0.05) is 17.3 Å². The van der Waals surface area contributed by atoms with Crippen LogP contribution in [0.3, 0.4) is 0 Å². The minimum atomic E-state index is -0.548. The summed E-state index contributed by atoms with van der Waals surface area (Å²) in [5, 5.41) is 0.547. The molecule has 3 rings (SSSR count). The Morgan fingerprint density at radius 2 is 1.81 bits per heavy atom. The molecule has 0 saturated carbocycles. The number of methoxy groups -OCH3 is 3. The first-order valence-electron chi connectivity index (χ1n) is 9.69. The van der Waals surface area contributed by atoms with Gasteiger partial charge in [-0.2, -0.15) is 0 Å². The predicted molar refractivity (Wildman–Crippen MR) is 119 cm³/mol. The summed E-state index contributed by atoms with van der Waals surface area (Å²) in [7, 11) is 4.46. The third-order valence-electron chi connectivity index (χ3n) is 5.13. The minimum absolute atomic E-state index is 0.252. The standard InChI is InChI=1S/C24H24ClNO5/c1-15-22(24(28)31-4)19(13-17-6-5-7-18(25)12-17)23(27)26(15)11-10-16-8-9-20(29-2)21(14-16)30-3/h5-9,12-14H,10-11H2,1-4H3/b19-13-. The summed E-state index contributed by atoms with van der Waals surface area (Å²) in [6.07, 6.45) is 2.24. The van der Waals surface area contributed by atoms with Gasteiger partial charge in [0.15, 0.2) is 11.5 Å². The lowest BCUT2D eigenvalue weighted by Gasteiger charge is -2.18. The van der Waals surface area contributed by atoms with Gasteiger partial charge in [-0.25, -0.2) is 4.79 Å². The second-order valence-electron chi connectivity index (χ2n) is 6.96. The fourth-order valence-corrected chi connectivity index (χ4v) is 3.74. The van der Waals surface area contributed by atoms with E-state index in [4.69, 9.17) is 25.8 Å². The van der Waals surface area contributed by atoms with Crippen molar-refractivity contribution in [2.24, 2.45) is 0 Å². The monoisotopic (exact) mass is 441 g/mol. The van der Waals surface area contributed by atoms with Crippen LogP contribution in [-0.2, 0) is 20.7 Å². The number of hydrogen-bond donors (Lipinski definition) is 0. The Bertz CT molecular complexity index is 1070. The number of hydrogen-bond acceptors (Lipinski definition) is 5. The Labute approximate surface area is 186 Å². The molecule has 0 unspecified atom stereocenters. The van der Waals surface area contributed by atoms with Crippen LogP contribution in [0.4, 0.5) is 0 Å². The van der Waals surface area contributed by atoms with E-state index < -0.39 is 5.97 Å². The molecule has 1 aliphatic heterocycles. The maximum absolute atomic E-state index is 13.2. The molecule has 2 aromatic carbocycles. The van der Waals surface area contributed by atoms with E-state index in [-0.39, 0.29) is 11.5 Å². The number of halogens is 1. The topological polar surface area (TPSA) is 65.1 Å². The Balaban J connectivity index is 1.90. The number of carbonyl (C=O) groups excluding carboxylic acids is 2. The van der Waals surface area contributed by atoms with Gasteiger partial charge in [0.2, 0.25) is 0 Å². The van der Waals surface area contributed by atoms with Crippen molar-refractivity contribution in [2.45, 2.75) is 13.3 Å². The molecule has 0 saturated heterocycles. The Morgan fingerprint density at radius 3 is 2.45 bits per heavy atom. The summed E-state index contributed by atoms with van der Waals surface area (Å²) in [5.74, 6) is 0.460. The van der Waals surface area contributed by atoms with Crippen molar-refractivity contribution in [3.63, 3.8) is 0 Å². The zero-order chi connectivity index (χ0) is 22.5. The van der Waals surface area contributed by atoms with Crippen molar-refractivity contribution in [1.29, 1.82) is 0 Å². The van der Waals surface area contributed by atoms with Crippen LogP contribution >= 0.6 is 11.6 Å². The van der Waals surface area contributed by atoms with E-state index >= 15 is 0 Å². The Kier molecular flexibility index (Phi) is 7.02. The SMILES string of the molecule is COC(=O)C1=C(C)N(CCc2ccc(OC)c(OC)c2)C(=O)/C1=C\c1cccc(Cl)c1. The normalized spacial score (nSPS) is 14.9. The van der Waals surface area contributed by atoms with E-state index in [9.17, 15) is 9.59 Å². The number of amides is 1. The first-order valence-corrected chi connectivity index (χ1v) is 10.1. The quantitative estimate of drug-likeness (QED) is 0.474. The lowest BCUT2D eigenvalue weighted by molar-refractivity contribution is -0.136. The number of esters is 1. The highest BCUT2D eigenvalue weighted by Crippen LogP contribution is 2.33. The average Bonchev–Trinajstić information content (AvgIpc) is 3.00. The van der Waals surface area contributed by atoms with Crippen molar-refractivity contribution in [3.05, 3.63) is 75.5 Å². The maximum atomic E-state index is 13.2. The Hall–Kier alpha value is -3.25. The van der Waals surface area contributed by atoms with E-state index in [1.54, 1.807) is 50.3 Å². The zero-order valence-electron chi connectivity index (χ0n) is 17.9. The van der Waals surface area contributed by atoms with Crippen LogP contribution in [-0.4, -0.2) is 44.7 Å². The van der Waals surface area contributed by atoms with Crippen LogP contribution in [0.5, 0.6) is 11.5 Å². The van der Waals surface area contributed by atoms with Gasteiger partial charge in [0.05, 0.1) is 32.5 Å². The molecule has 0 radical (unpaired) electrons. The molecule has 1 amide bonds. The fraction of sp³-hybridized carbons (Fsp3) is 0.250. The number of rotatable bonds is 7. The smallest absolute Gasteiger partial charge is 0.340 e.